The van der Waals surface area contributed by atoms with E-state index in [0.717, 1.165) is 12.0 Å². The van der Waals surface area contributed by atoms with Gasteiger partial charge in [-0.2, -0.15) is 0 Å². The largest absolute Gasteiger partial charge is 0.493 e. The van der Waals surface area contributed by atoms with Crippen LogP contribution in [0.5, 0.6) is 11.5 Å². The number of carbonyl (C=O) groups is 1. The molecule has 0 aliphatic carbocycles. The van der Waals surface area contributed by atoms with E-state index in [1.54, 1.807) is 18.2 Å². The van der Waals surface area contributed by atoms with Crippen LogP contribution in [0.15, 0.2) is 18.2 Å². The number of benzene rings is 1. The van der Waals surface area contributed by atoms with Crippen LogP contribution in [0.3, 0.4) is 0 Å². The number of rotatable bonds is 3. The Morgan fingerprint density at radius 3 is 3.12 bits per heavy atom. The van der Waals surface area contributed by atoms with Crippen molar-refractivity contribution < 1.29 is 19.2 Å². The number of hydrogen-bond donors (Lipinski definition) is 0. The van der Waals surface area contributed by atoms with Gasteiger partial charge < -0.3 is 9.47 Å². The second-order valence-electron chi connectivity index (χ2n) is 3.33. The van der Waals surface area contributed by atoms with E-state index in [4.69, 9.17) is 9.47 Å². The van der Waals surface area contributed by atoms with Gasteiger partial charge in [0.25, 0.3) is 6.54 Å². The Balaban J connectivity index is 2.05. The first-order valence-electron chi connectivity index (χ1n) is 4.73. The average molecular weight is 223 g/mol. The molecule has 1 aliphatic heterocycles. The Labute approximate surface area is 90.9 Å². The molecule has 6 heteroatoms. The fourth-order valence-corrected chi connectivity index (χ4v) is 1.48. The summed E-state index contributed by atoms with van der Waals surface area (Å²) in [6.07, 6.45) is 0.832. The highest BCUT2D eigenvalue weighted by Gasteiger charge is 2.16. The molecular weight excluding hydrogens is 214 g/mol. The smallest absolute Gasteiger partial charge is 0.383 e. The number of nitrogens with zero attached hydrogens (tertiary/aromatic N) is 1. The third-order valence-electron chi connectivity index (χ3n) is 2.16. The van der Waals surface area contributed by atoms with Crippen molar-refractivity contribution >= 4 is 5.97 Å². The van der Waals surface area contributed by atoms with E-state index in [1.165, 1.54) is 0 Å². The summed E-state index contributed by atoms with van der Waals surface area (Å²) in [5.74, 6) is 0.0573. The normalized spacial score (nSPS) is 12.8. The molecule has 0 amide bonds. The molecule has 0 fully saturated rings. The number of hydrogen-bond acceptors (Lipinski definition) is 5. The fourth-order valence-electron chi connectivity index (χ4n) is 1.48. The maximum absolute atomic E-state index is 11.0. The average Bonchev–Trinajstić information content (AvgIpc) is 2.63. The van der Waals surface area contributed by atoms with Gasteiger partial charge >= 0.3 is 5.97 Å². The van der Waals surface area contributed by atoms with Crippen LogP contribution in [0.4, 0.5) is 0 Å². The summed E-state index contributed by atoms with van der Waals surface area (Å²) >= 11 is 0. The van der Waals surface area contributed by atoms with Gasteiger partial charge in [0.15, 0.2) is 0 Å². The molecule has 0 bridgehead atoms. The van der Waals surface area contributed by atoms with Crippen LogP contribution in [0.1, 0.15) is 5.56 Å². The molecule has 0 spiro atoms. The highest BCUT2D eigenvalue weighted by atomic mass is 16.6. The van der Waals surface area contributed by atoms with Crippen molar-refractivity contribution in [3.05, 3.63) is 33.9 Å². The van der Waals surface area contributed by atoms with Crippen molar-refractivity contribution in [3.8, 4) is 11.5 Å². The van der Waals surface area contributed by atoms with Crippen LogP contribution in [0, 0.1) is 10.1 Å². The van der Waals surface area contributed by atoms with E-state index in [2.05, 4.69) is 0 Å². The topological polar surface area (TPSA) is 78.7 Å². The molecule has 0 aromatic heterocycles. The molecule has 0 saturated heterocycles. The lowest BCUT2D eigenvalue weighted by atomic mass is 10.2. The fraction of sp³-hybridized carbons (Fsp3) is 0.300. The second-order valence-corrected chi connectivity index (χ2v) is 3.33. The van der Waals surface area contributed by atoms with Crippen LogP contribution in [-0.2, 0) is 11.2 Å². The highest BCUT2D eigenvalue weighted by Crippen LogP contribution is 2.29. The quantitative estimate of drug-likeness (QED) is 0.328. The standard InChI is InChI=1S/C10H9NO5/c12-10(6-11(13)14)16-8-2-1-7-3-4-15-9(7)5-8/h1-2,5H,3-4,6H2. The molecule has 84 valence electrons. The Kier molecular flexibility index (Phi) is 2.72. The molecule has 16 heavy (non-hydrogen) atoms. The van der Waals surface area contributed by atoms with Gasteiger partial charge in [0.2, 0.25) is 0 Å². The van der Waals surface area contributed by atoms with Crippen LogP contribution in [0.2, 0.25) is 0 Å². The third-order valence-corrected chi connectivity index (χ3v) is 2.16. The summed E-state index contributed by atoms with van der Waals surface area (Å²) in [5, 5.41) is 10.1. The maximum atomic E-state index is 11.0. The predicted octanol–water partition coefficient (Wildman–Crippen LogP) is 0.804. The molecular formula is C10H9NO5. The molecule has 0 unspecified atom stereocenters. The van der Waals surface area contributed by atoms with Gasteiger partial charge in [-0.1, -0.05) is 6.07 Å². The zero-order valence-corrected chi connectivity index (χ0v) is 8.34. The first-order valence-corrected chi connectivity index (χ1v) is 4.73. The lowest BCUT2D eigenvalue weighted by Gasteiger charge is -2.03. The third kappa shape index (κ3) is 2.28. The molecule has 6 nitrogen and oxygen atoms in total. The summed E-state index contributed by atoms with van der Waals surface area (Å²) in [7, 11) is 0. The van der Waals surface area contributed by atoms with Gasteiger partial charge in [-0.25, -0.2) is 4.79 Å². The van der Waals surface area contributed by atoms with E-state index in [-0.39, 0.29) is 5.75 Å². The summed E-state index contributed by atoms with van der Waals surface area (Å²) in [6, 6.07) is 4.96. The maximum Gasteiger partial charge on any atom is 0.383 e. The minimum Gasteiger partial charge on any atom is -0.493 e. The van der Waals surface area contributed by atoms with Crippen LogP contribution < -0.4 is 9.47 Å². The lowest BCUT2D eigenvalue weighted by Crippen LogP contribution is -2.19. The predicted molar refractivity (Wildman–Crippen MR) is 53.1 cm³/mol. The summed E-state index contributed by atoms with van der Waals surface area (Å²) < 4.78 is 10.1. The molecule has 0 radical (unpaired) electrons. The zero-order chi connectivity index (χ0) is 11.5. The highest BCUT2D eigenvalue weighted by molar-refractivity contribution is 5.73. The Morgan fingerprint density at radius 1 is 1.56 bits per heavy atom. The van der Waals surface area contributed by atoms with Gasteiger partial charge in [-0.3, -0.25) is 10.1 Å². The van der Waals surface area contributed by atoms with Gasteiger partial charge in [0.05, 0.1) is 6.61 Å². The molecule has 0 atom stereocenters. The number of fused-ring (bicyclic) bond motifs is 1. The summed E-state index contributed by atoms with van der Waals surface area (Å²) in [5.41, 5.74) is 1.05. The van der Waals surface area contributed by atoms with Crippen LogP contribution in [-0.4, -0.2) is 24.0 Å². The molecule has 0 saturated carbocycles. The summed E-state index contributed by atoms with van der Waals surface area (Å²) in [4.78, 5) is 20.4. The molecule has 1 aromatic rings. The van der Waals surface area contributed by atoms with E-state index in [0.29, 0.717) is 12.4 Å². The SMILES string of the molecule is O=C(C[N+](=O)[O-])Oc1ccc2c(c1)OCC2. The van der Waals surface area contributed by atoms with E-state index < -0.39 is 17.4 Å². The van der Waals surface area contributed by atoms with Crippen molar-refractivity contribution in [1.29, 1.82) is 0 Å². The molecule has 2 rings (SSSR count). The first-order chi connectivity index (χ1) is 7.65. The van der Waals surface area contributed by atoms with E-state index >= 15 is 0 Å². The Morgan fingerprint density at radius 2 is 2.38 bits per heavy atom. The van der Waals surface area contributed by atoms with Gasteiger partial charge in [0.1, 0.15) is 11.5 Å². The Bertz CT molecular complexity index is 443. The number of ether oxygens (including phenoxy) is 2. The van der Waals surface area contributed by atoms with E-state index in [9.17, 15) is 14.9 Å². The van der Waals surface area contributed by atoms with Crippen LogP contribution >= 0.6 is 0 Å². The Hall–Kier alpha value is -2.11. The van der Waals surface area contributed by atoms with Gasteiger partial charge in [-0.15, -0.1) is 0 Å². The minimum absolute atomic E-state index is 0.271. The second kappa shape index (κ2) is 4.18. The molecule has 1 aliphatic rings. The number of nitro groups is 1. The number of carbonyl (C=O) groups excluding carboxylic acids is 1. The van der Waals surface area contributed by atoms with Crippen LogP contribution in [0.25, 0.3) is 0 Å². The van der Waals surface area contributed by atoms with Crippen molar-refractivity contribution in [2.24, 2.45) is 0 Å². The van der Waals surface area contributed by atoms with E-state index in [1.807, 2.05) is 0 Å². The molecule has 0 N–H and O–H groups in total. The molecule has 1 aromatic carbocycles. The van der Waals surface area contributed by atoms with Crippen molar-refractivity contribution in [2.45, 2.75) is 6.42 Å². The summed E-state index contributed by atoms with van der Waals surface area (Å²) in [6.45, 7) is -0.223. The minimum atomic E-state index is -0.886. The number of esters is 1. The molecule has 1 heterocycles. The first kappa shape index (κ1) is 10.4. The van der Waals surface area contributed by atoms with Crippen molar-refractivity contribution in [3.63, 3.8) is 0 Å². The van der Waals surface area contributed by atoms with Gasteiger partial charge in [0, 0.05) is 17.4 Å². The zero-order valence-electron chi connectivity index (χ0n) is 8.34. The monoisotopic (exact) mass is 223 g/mol. The van der Waals surface area contributed by atoms with Crippen molar-refractivity contribution in [1.82, 2.24) is 0 Å². The lowest BCUT2D eigenvalue weighted by molar-refractivity contribution is -0.469. The van der Waals surface area contributed by atoms with Gasteiger partial charge in [-0.05, 0) is 11.6 Å². The van der Waals surface area contributed by atoms with Crippen molar-refractivity contribution in [2.75, 3.05) is 13.2 Å².